The van der Waals surface area contributed by atoms with Crippen molar-refractivity contribution in [2.45, 2.75) is 33.4 Å². The molecule has 2 amide bonds. The lowest BCUT2D eigenvalue weighted by atomic mass is 9.95. The normalized spacial score (nSPS) is 16.2. The van der Waals surface area contributed by atoms with Crippen molar-refractivity contribution in [1.82, 2.24) is 10.6 Å². The van der Waals surface area contributed by atoms with Gasteiger partial charge >= 0.3 is 12.0 Å². The summed E-state index contributed by atoms with van der Waals surface area (Å²) < 4.78 is 24.1. The van der Waals surface area contributed by atoms with Crippen molar-refractivity contribution in [3.63, 3.8) is 0 Å². The molecule has 1 atom stereocenters. The van der Waals surface area contributed by atoms with Crippen molar-refractivity contribution in [2.75, 3.05) is 6.61 Å². The van der Waals surface area contributed by atoms with Crippen LogP contribution in [0, 0.1) is 11.7 Å². The Labute approximate surface area is 175 Å². The number of halogens is 1. The minimum absolute atomic E-state index is 0.206. The summed E-state index contributed by atoms with van der Waals surface area (Å²) in [6.07, 6.45) is 0. The summed E-state index contributed by atoms with van der Waals surface area (Å²) >= 11 is 0. The third kappa shape index (κ3) is 5.37. The van der Waals surface area contributed by atoms with E-state index in [9.17, 15) is 14.0 Å². The Balaban J connectivity index is 1.73. The van der Waals surface area contributed by atoms with Gasteiger partial charge in [0.05, 0.1) is 18.2 Å². The molecule has 2 N–H and O–H groups in total. The monoisotopic (exact) mass is 412 g/mol. The van der Waals surface area contributed by atoms with Gasteiger partial charge in [0.15, 0.2) is 0 Å². The van der Waals surface area contributed by atoms with Crippen LogP contribution in [0.2, 0.25) is 0 Å². The minimum Gasteiger partial charge on any atom is -0.489 e. The fourth-order valence-electron chi connectivity index (χ4n) is 3.04. The number of allylic oxidation sites excluding steroid dienone is 1. The number of esters is 1. The van der Waals surface area contributed by atoms with E-state index in [4.69, 9.17) is 9.47 Å². The van der Waals surface area contributed by atoms with Crippen LogP contribution < -0.4 is 15.4 Å². The molecule has 6 nitrogen and oxygen atoms in total. The summed E-state index contributed by atoms with van der Waals surface area (Å²) in [7, 11) is 0. The van der Waals surface area contributed by atoms with Gasteiger partial charge in [-0.25, -0.2) is 14.0 Å². The van der Waals surface area contributed by atoms with Crippen molar-refractivity contribution in [2.24, 2.45) is 5.92 Å². The van der Waals surface area contributed by atoms with E-state index in [2.05, 4.69) is 10.6 Å². The van der Waals surface area contributed by atoms with E-state index in [1.54, 1.807) is 43.3 Å². The Morgan fingerprint density at radius 2 is 1.77 bits per heavy atom. The minimum atomic E-state index is -0.621. The molecule has 0 fully saturated rings. The van der Waals surface area contributed by atoms with Crippen molar-refractivity contribution in [3.05, 3.63) is 76.7 Å². The maximum absolute atomic E-state index is 13.0. The van der Waals surface area contributed by atoms with Gasteiger partial charge in [-0.05, 0) is 48.2 Å². The number of carbonyl (C=O) groups is 2. The molecule has 158 valence electrons. The van der Waals surface area contributed by atoms with Gasteiger partial charge in [-0.1, -0.05) is 38.1 Å². The molecule has 1 heterocycles. The van der Waals surface area contributed by atoms with E-state index in [1.165, 1.54) is 12.1 Å². The Bertz CT molecular complexity index is 937. The van der Waals surface area contributed by atoms with Gasteiger partial charge in [0, 0.05) is 5.70 Å². The van der Waals surface area contributed by atoms with E-state index < -0.39 is 12.0 Å². The molecular weight excluding hydrogens is 387 g/mol. The largest absolute Gasteiger partial charge is 0.489 e. The zero-order valence-corrected chi connectivity index (χ0v) is 17.2. The second-order valence-corrected chi connectivity index (χ2v) is 7.55. The fourth-order valence-corrected chi connectivity index (χ4v) is 3.04. The second kappa shape index (κ2) is 9.43. The first kappa shape index (κ1) is 21.4. The average molecular weight is 412 g/mol. The highest BCUT2D eigenvalue weighted by Crippen LogP contribution is 2.29. The third-order valence-corrected chi connectivity index (χ3v) is 4.57. The molecule has 0 saturated heterocycles. The number of rotatable bonds is 7. The van der Waals surface area contributed by atoms with E-state index in [0.29, 0.717) is 30.2 Å². The van der Waals surface area contributed by atoms with Crippen LogP contribution in [-0.4, -0.2) is 18.6 Å². The lowest BCUT2D eigenvalue weighted by Gasteiger charge is -2.28. The van der Waals surface area contributed by atoms with Crippen LogP contribution in [0.4, 0.5) is 9.18 Å². The van der Waals surface area contributed by atoms with Gasteiger partial charge in [-0.15, -0.1) is 0 Å². The molecule has 2 aromatic carbocycles. The summed E-state index contributed by atoms with van der Waals surface area (Å²) in [5.41, 5.74) is 2.42. The molecule has 0 saturated carbocycles. The number of carbonyl (C=O) groups excluding carboxylic acids is 2. The maximum Gasteiger partial charge on any atom is 0.338 e. The highest BCUT2D eigenvalue weighted by Gasteiger charge is 2.32. The Morgan fingerprint density at radius 1 is 1.10 bits per heavy atom. The second-order valence-electron chi connectivity index (χ2n) is 7.55. The van der Waals surface area contributed by atoms with Crippen molar-refractivity contribution in [3.8, 4) is 5.75 Å². The Hall–Kier alpha value is -3.35. The number of urea groups is 1. The van der Waals surface area contributed by atoms with E-state index in [-0.39, 0.29) is 17.8 Å². The third-order valence-electron chi connectivity index (χ3n) is 4.57. The number of benzene rings is 2. The molecule has 0 bridgehead atoms. The van der Waals surface area contributed by atoms with Gasteiger partial charge in [0.25, 0.3) is 0 Å². The first-order valence-corrected chi connectivity index (χ1v) is 9.76. The zero-order chi connectivity index (χ0) is 21.7. The number of hydrogen-bond donors (Lipinski definition) is 2. The molecular formula is C23H25FN2O4. The quantitative estimate of drug-likeness (QED) is 0.667. The van der Waals surface area contributed by atoms with Crippen molar-refractivity contribution in [1.29, 1.82) is 0 Å². The molecule has 7 heteroatoms. The van der Waals surface area contributed by atoms with Crippen LogP contribution >= 0.6 is 0 Å². The number of hydrogen-bond acceptors (Lipinski definition) is 4. The molecule has 1 aliphatic rings. The SMILES string of the molecule is CC1=C(C(=O)OCC(C)C)C(c2ccc(OCc3ccc(F)cc3)cc2)NC(=O)N1. The smallest absolute Gasteiger partial charge is 0.338 e. The molecule has 0 aromatic heterocycles. The van der Waals surface area contributed by atoms with Gasteiger partial charge < -0.3 is 20.1 Å². The summed E-state index contributed by atoms with van der Waals surface area (Å²) in [6.45, 7) is 6.19. The van der Waals surface area contributed by atoms with Gasteiger partial charge in [-0.2, -0.15) is 0 Å². The molecule has 1 aliphatic heterocycles. The van der Waals surface area contributed by atoms with Crippen LogP contribution in [0.1, 0.15) is 37.9 Å². The summed E-state index contributed by atoms with van der Waals surface area (Å²) in [5, 5.41) is 5.41. The van der Waals surface area contributed by atoms with Crippen LogP contribution in [0.3, 0.4) is 0 Å². The lowest BCUT2D eigenvalue weighted by Crippen LogP contribution is -2.45. The molecule has 3 rings (SSSR count). The van der Waals surface area contributed by atoms with Crippen LogP contribution in [0.25, 0.3) is 0 Å². The first-order valence-electron chi connectivity index (χ1n) is 9.76. The van der Waals surface area contributed by atoms with E-state index in [1.807, 2.05) is 13.8 Å². The highest BCUT2D eigenvalue weighted by molar-refractivity contribution is 5.95. The predicted molar refractivity (Wildman–Crippen MR) is 110 cm³/mol. The lowest BCUT2D eigenvalue weighted by molar-refractivity contribution is -0.140. The summed E-state index contributed by atoms with van der Waals surface area (Å²) in [6, 6.07) is 12.2. The van der Waals surface area contributed by atoms with Crippen molar-refractivity contribution < 1.29 is 23.5 Å². The topological polar surface area (TPSA) is 76.7 Å². The average Bonchev–Trinajstić information content (AvgIpc) is 2.71. The summed E-state index contributed by atoms with van der Waals surface area (Å²) in [5.74, 6) is 0.0680. The highest BCUT2D eigenvalue weighted by atomic mass is 19.1. The van der Waals surface area contributed by atoms with Crippen LogP contribution in [0.5, 0.6) is 5.75 Å². The van der Waals surface area contributed by atoms with Gasteiger partial charge in [0.2, 0.25) is 0 Å². The standard InChI is InChI=1S/C23H25FN2O4/c1-14(2)12-30-22(27)20-15(3)25-23(28)26-21(20)17-6-10-19(11-7-17)29-13-16-4-8-18(24)9-5-16/h4-11,14,21H,12-13H2,1-3H3,(H2,25,26,28). The number of ether oxygens (including phenoxy) is 2. The predicted octanol–water partition coefficient (Wildman–Crippen LogP) is 4.23. The Kier molecular flexibility index (Phi) is 6.72. The van der Waals surface area contributed by atoms with Gasteiger partial charge in [-0.3, -0.25) is 0 Å². The molecule has 2 aromatic rings. The van der Waals surface area contributed by atoms with Crippen LogP contribution in [-0.2, 0) is 16.1 Å². The number of nitrogens with one attached hydrogen (secondary N) is 2. The zero-order valence-electron chi connectivity index (χ0n) is 17.2. The molecule has 0 aliphatic carbocycles. The molecule has 30 heavy (non-hydrogen) atoms. The fraction of sp³-hybridized carbons (Fsp3) is 0.304. The molecule has 1 unspecified atom stereocenters. The van der Waals surface area contributed by atoms with E-state index >= 15 is 0 Å². The summed E-state index contributed by atoms with van der Waals surface area (Å²) in [4.78, 5) is 24.6. The van der Waals surface area contributed by atoms with Gasteiger partial charge in [0.1, 0.15) is 18.2 Å². The number of amides is 2. The maximum atomic E-state index is 13.0. The molecule has 0 radical (unpaired) electrons. The van der Waals surface area contributed by atoms with Crippen molar-refractivity contribution >= 4 is 12.0 Å². The van der Waals surface area contributed by atoms with Crippen LogP contribution in [0.15, 0.2) is 59.8 Å². The first-order chi connectivity index (χ1) is 14.3. The molecule has 0 spiro atoms. The Morgan fingerprint density at radius 3 is 2.40 bits per heavy atom. The van der Waals surface area contributed by atoms with E-state index in [0.717, 1.165) is 11.1 Å².